The zero-order chi connectivity index (χ0) is 20.0. The number of halogens is 1. The molecule has 1 aromatic carbocycles. The predicted octanol–water partition coefficient (Wildman–Crippen LogP) is 2.11. The Bertz CT molecular complexity index is 814. The molecule has 0 fully saturated rings. The lowest BCUT2D eigenvalue weighted by molar-refractivity contribution is -0.146. The van der Waals surface area contributed by atoms with Gasteiger partial charge in [0, 0.05) is 10.6 Å². The van der Waals surface area contributed by atoms with Crippen LogP contribution in [-0.2, 0) is 14.3 Å². The Hall–Kier alpha value is -2.26. The van der Waals surface area contributed by atoms with Crippen molar-refractivity contribution in [2.24, 2.45) is 5.92 Å². The number of hydrogen-bond donors (Lipinski definition) is 2. The van der Waals surface area contributed by atoms with Crippen LogP contribution in [0, 0.1) is 5.92 Å². The summed E-state index contributed by atoms with van der Waals surface area (Å²) in [5.41, 5.74) is 0.719. The van der Waals surface area contributed by atoms with E-state index in [2.05, 4.69) is 15.5 Å². The Labute approximate surface area is 166 Å². The number of carbonyl (C=O) groups excluding carboxylic acids is 2. The van der Waals surface area contributed by atoms with Gasteiger partial charge in [0.2, 0.25) is 11.1 Å². The van der Waals surface area contributed by atoms with Crippen LogP contribution in [0.2, 0.25) is 5.02 Å². The van der Waals surface area contributed by atoms with Crippen LogP contribution in [0.25, 0.3) is 11.4 Å². The first-order valence-electron chi connectivity index (χ1n) is 8.33. The van der Waals surface area contributed by atoms with E-state index in [-0.39, 0.29) is 17.6 Å². The first kappa shape index (κ1) is 21.0. The third-order valence-corrected chi connectivity index (χ3v) is 5.24. The normalized spacial score (nSPS) is 13.0. The van der Waals surface area contributed by atoms with E-state index in [0.29, 0.717) is 16.0 Å². The molecule has 0 aliphatic carbocycles. The largest absolute Gasteiger partial charge is 0.467 e. The van der Waals surface area contributed by atoms with Crippen molar-refractivity contribution in [1.29, 1.82) is 0 Å². The highest BCUT2D eigenvalue weighted by Gasteiger charge is 2.26. The minimum absolute atomic E-state index is 0.0365. The molecule has 10 heteroatoms. The van der Waals surface area contributed by atoms with Gasteiger partial charge in [0.05, 0.1) is 12.9 Å². The second-order valence-corrected chi connectivity index (χ2v) is 7.31. The highest BCUT2D eigenvalue weighted by Crippen LogP contribution is 2.23. The van der Waals surface area contributed by atoms with Crippen molar-refractivity contribution in [2.75, 3.05) is 18.7 Å². The molecule has 0 saturated carbocycles. The van der Waals surface area contributed by atoms with Crippen LogP contribution in [-0.4, -0.2) is 45.7 Å². The summed E-state index contributed by atoms with van der Waals surface area (Å²) in [6, 6.07) is 6.38. The molecule has 8 nitrogen and oxygen atoms in total. The second kappa shape index (κ2) is 9.61. The molecule has 0 aliphatic rings. The maximum absolute atomic E-state index is 12.2. The van der Waals surface area contributed by atoms with Gasteiger partial charge < -0.3 is 15.9 Å². The van der Waals surface area contributed by atoms with Gasteiger partial charge in [-0.05, 0) is 18.1 Å². The van der Waals surface area contributed by atoms with E-state index in [1.807, 2.05) is 19.9 Å². The molecule has 1 amide bonds. The molecule has 2 aromatic rings. The molecule has 0 bridgehead atoms. The van der Waals surface area contributed by atoms with Gasteiger partial charge in [-0.25, -0.2) is 9.47 Å². The summed E-state index contributed by atoms with van der Waals surface area (Å²) < 4.78 is 6.06. The number of aromatic nitrogens is 3. The van der Waals surface area contributed by atoms with Crippen LogP contribution in [0.3, 0.4) is 0 Å². The molecular weight excluding hydrogens is 390 g/mol. The van der Waals surface area contributed by atoms with E-state index in [4.69, 9.17) is 22.2 Å². The third-order valence-electron chi connectivity index (χ3n) is 4.06. The molecule has 1 heterocycles. The molecular formula is C17H22ClN5O3S. The number of hydrogen-bond acceptors (Lipinski definition) is 7. The van der Waals surface area contributed by atoms with Crippen molar-refractivity contribution in [1.82, 2.24) is 20.2 Å². The van der Waals surface area contributed by atoms with Gasteiger partial charge >= 0.3 is 5.97 Å². The average Bonchev–Trinajstić information content (AvgIpc) is 3.03. The van der Waals surface area contributed by atoms with E-state index in [9.17, 15) is 9.59 Å². The summed E-state index contributed by atoms with van der Waals surface area (Å²) >= 11 is 7.11. The van der Waals surface area contributed by atoms with Gasteiger partial charge in [0.25, 0.3) is 0 Å². The van der Waals surface area contributed by atoms with Gasteiger partial charge in [0.1, 0.15) is 6.04 Å². The number of ether oxygens (including phenoxy) is 1. The third kappa shape index (κ3) is 5.36. The smallest absolute Gasteiger partial charge is 0.328 e. The van der Waals surface area contributed by atoms with Crippen molar-refractivity contribution < 1.29 is 14.3 Å². The molecule has 0 spiro atoms. The standard InChI is InChI=1S/C17H22ClN5O3S/c1-4-10(2)14(16(25)26-3)20-13(24)9-27-17-22-21-15(23(17)19)11-6-5-7-12(18)8-11/h5-8,10,14H,4,9,19H2,1-3H3,(H,20,24)/t10-,14+/m0/s1. The number of amides is 1. The highest BCUT2D eigenvalue weighted by molar-refractivity contribution is 7.99. The number of esters is 1. The summed E-state index contributed by atoms with van der Waals surface area (Å²) in [5.74, 6) is 5.68. The van der Waals surface area contributed by atoms with Crippen LogP contribution in [0.4, 0.5) is 0 Å². The van der Waals surface area contributed by atoms with Gasteiger partial charge in [-0.3, -0.25) is 4.79 Å². The molecule has 1 aromatic heterocycles. The molecule has 0 unspecified atom stereocenters. The number of nitrogens with zero attached hydrogens (tertiary/aromatic N) is 3. The van der Waals surface area contributed by atoms with E-state index in [1.54, 1.807) is 18.2 Å². The Morgan fingerprint density at radius 2 is 2.15 bits per heavy atom. The fourth-order valence-electron chi connectivity index (χ4n) is 2.34. The zero-order valence-corrected chi connectivity index (χ0v) is 16.9. The lowest BCUT2D eigenvalue weighted by Gasteiger charge is -2.21. The maximum atomic E-state index is 12.2. The molecule has 0 saturated heterocycles. The SMILES string of the molecule is CC[C@H](C)[C@@H](NC(=O)CSc1nnc(-c2cccc(Cl)c2)n1N)C(=O)OC. The molecule has 0 aliphatic heterocycles. The Morgan fingerprint density at radius 3 is 2.78 bits per heavy atom. The van der Waals surface area contributed by atoms with Crippen LogP contribution < -0.4 is 11.2 Å². The van der Waals surface area contributed by atoms with Crippen molar-refractivity contribution in [3.63, 3.8) is 0 Å². The quantitative estimate of drug-likeness (QED) is 0.388. The lowest BCUT2D eigenvalue weighted by atomic mass is 9.99. The van der Waals surface area contributed by atoms with Crippen molar-refractivity contribution in [3.8, 4) is 11.4 Å². The number of nitrogens with two attached hydrogens (primary N) is 1. The number of rotatable bonds is 8. The summed E-state index contributed by atoms with van der Waals surface area (Å²) in [7, 11) is 1.30. The fourth-order valence-corrected chi connectivity index (χ4v) is 3.20. The van der Waals surface area contributed by atoms with Crippen LogP contribution >= 0.6 is 23.4 Å². The summed E-state index contributed by atoms with van der Waals surface area (Å²) in [6.45, 7) is 3.82. The van der Waals surface area contributed by atoms with E-state index in [1.165, 1.54) is 11.8 Å². The number of carbonyl (C=O) groups is 2. The monoisotopic (exact) mass is 411 g/mol. The predicted molar refractivity (Wildman–Crippen MR) is 105 cm³/mol. The fraction of sp³-hybridized carbons (Fsp3) is 0.412. The van der Waals surface area contributed by atoms with Crippen molar-refractivity contribution in [3.05, 3.63) is 29.3 Å². The zero-order valence-electron chi connectivity index (χ0n) is 15.3. The molecule has 2 rings (SSSR count). The number of nitrogen functional groups attached to an aromatic ring is 1. The number of methoxy groups -OCH3 is 1. The van der Waals surface area contributed by atoms with Crippen LogP contribution in [0.15, 0.2) is 29.4 Å². The Morgan fingerprint density at radius 1 is 1.41 bits per heavy atom. The highest BCUT2D eigenvalue weighted by atomic mass is 35.5. The lowest BCUT2D eigenvalue weighted by Crippen LogP contribution is -2.46. The minimum atomic E-state index is -0.689. The van der Waals surface area contributed by atoms with Gasteiger partial charge in [-0.2, -0.15) is 0 Å². The summed E-state index contributed by atoms with van der Waals surface area (Å²) in [5, 5.41) is 11.7. The molecule has 146 valence electrons. The van der Waals surface area contributed by atoms with E-state index in [0.717, 1.165) is 23.7 Å². The summed E-state index contributed by atoms with van der Waals surface area (Å²) in [6.07, 6.45) is 0.729. The first-order chi connectivity index (χ1) is 12.9. The van der Waals surface area contributed by atoms with Crippen LogP contribution in [0.5, 0.6) is 0 Å². The van der Waals surface area contributed by atoms with Crippen molar-refractivity contribution >= 4 is 35.2 Å². The molecule has 27 heavy (non-hydrogen) atoms. The molecule has 0 radical (unpaired) electrons. The average molecular weight is 412 g/mol. The topological polar surface area (TPSA) is 112 Å². The Kier molecular flexibility index (Phi) is 7.49. The minimum Gasteiger partial charge on any atom is -0.467 e. The second-order valence-electron chi connectivity index (χ2n) is 5.93. The number of benzene rings is 1. The first-order valence-corrected chi connectivity index (χ1v) is 9.70. The Balaban J connectivity index is 2.02. The molecule has 3 N–H and O–H groups in total. The van der Waals surface area contributed by atoms with Crippen molar-refractivity contribution in [2.45, 2.75) is 31.5 Å². The number of nitrogens with one attached hydrogen (secondary N) is 1. The number of thioether (sulfide) groups is 1. The summed E-state index contributed by atoms with van der Waals surface area (Å²) in [4.78, 5) is 24.1. The molecule has 2 atom stereocenters. The van der Waals surface area contributed by atoms with E-state index >= 15 is 0 Å². The van der Waals surface area contributed by atoms with E-state index < -0.39 is 12.0 Å². The maximum Gasteiger partial charge on any atom is 0.328 e. The van der Waals surface area contributed by atoms with Gasteiger partial charge in [0.15, 0.2) is 5.82 Å². The van der Waals surface area contributed by atoms with Gasteiger partial charge in [-0.1, -0.05) is 55.8 Å². The van der Waals surface area contributed by atoms with Crippen LogP contribution in [0.1, 0.15) is 20.3 Å². The van der Waals surface area contributed by atoms with Gasteiger partial charge in [-0.15, -0.1) is 10.2 Å².